The third-order valence-corrected chi connectivity index (χ3v) is 5.56. The maximum Gasteiger partial charge on any atom is 0.165 e. The van der Waals surface area contributed by atoms with E-state index in [0.717, 1.165) is 30.4 Å². The van der Waals surface area contributed by atoms with Crippen molar-refractivity contribution in [3.8, 4) is 16.9 Å². The van der Waals surface area contributed by atoms with Gasteiger partial charge < -0.3 is 4.74 Å². The first-order valence-electron chi connectivity index (χ1n) is 11.2. The molecule has 0 aliphatic rings. The molecule has 154 valence electrons. The Morgan fingerprint density at radius 2 is 1.54 bits per heavy atom. The van der Waals surface area contributed by atoms with Crippen LogP contribution in [0.3, 0.4) is 0 Å². The number of halogens is 1. The summed E-state index contributed by atoms with van der Waals surface area (Å²) in [6, 6.07) is 13.9. The van der Waals surface area contributed by atoms with E-state index < -0.39 is 0 Å². The van der Waals surface area contributed by atoms with Crippen molar-refractivity contribution in [3.63, 3.8) is 0 Å². The van der Waals surface area contributed by atoms with E-state index in [1.54, 1.807) is 12.1 Å². The van der Waals surface area contributed by atoms with Gasteiger partial charge in [0.05, 0.1) is 6.61 Å². The minimum atomic E-state index is -0.272. The van der Waals surface area contributed by atoms with Crippen molar-refractivity contribution in [2.75, 3.05) is 6.61 Å². The Kier molecular flexibility index (Phi) is 10.1. The van der Waals surface area contributed by atoms with Gasteiger partial charge in [-0.2, -0.15) is 0 Å². The molecule has 28 heavy (non-hydrogen) atoms. The summed E-state index contributed by atoms with van der Waals surface area (Å²) >= 11 is 0. The molecule has 0 heterocycles. The van der Waals surface area contributed by atoms with E-state index in [0.29, 0.717) is 18.3 Å². The first-order chi connectivity index (χ1) is 13.7. The minimum absolute atomic E-state index is 0.272. The largest absolute Gasteiger partial charge is 0.490 e. The lowest BCUT2D eigenvalue weighted by atomic mass is 10.00. The Labute approximate surface area is 171 Å². The predicted molar refractivity (Wildman–Crippen MR) is 118 cm³/mol. The lowest BCUT2D eigenvalue weighted by Crippen LogP contribution is -2.12. The number of rotatable bonds is 13. The molecule has 0 aromatic heterocycles. The molecule has 2 rings (SSSR count). The molecule has 0 aliphatic heterocycles. The molecule has 0 saturated heterocycles. The molecule has 0 radical (unpaired) electrons. The highest BCUT2D eigenvalue weighted by Crippen LogP contribution is 2.27. The average molecular weight is 385 g/mol. The number of hydrogen-bond donors (Lipinski definition) is 0. The zero-order chi connectivity index (χ0) is 20.2. The topological polar surface area (TPSA) is 9.23 Å². The number of unbranched alkanes of at least 4 members (excludes halogenated alkanes) is 4. The normalized spacial score (nSPS) is 12.1. The number of hydrogen-bond acceptors (Lipinski definition) is 1. The van der Waals surface area contributed by atoms with Gasteiger partial charge in [-0.25, -0.2) is 4.39 Å². The molecular weight excluding hydrogens is 347 g/mol. The van der Waals surface area contributed by atoms with Crippen molar-refractivity contribution < 1.29 is 9.13 Å². The highest BCUT2D eigenvalue weighted by molar-refractivity contribution is 5.64. The van der Waals surface area contributed by atoms with Crippen molar-refractivity contribution in [1.29, 1.82) is 0 Å². The Morgan fingerprint density at radius 3 is 2.18 bits per heavy atom. The Hall–Kier alpha value is -1.83. The van der Waals surface area contributed by atoms with E-state index in [2.05, 4.69) is 45.0 Å². The van der Waals surface area contributed by atoms with Crippen LogP contribution < -0.4 is 4.74 Å². The minimum Gasteiger partial charge on any atom is -0.490 e. The molecule has 0 aliphatic carbocycles. The fraction of sp³-hybridized carbons (Fsp3) is 0.538. The Bertz CT molecular complexity index is 677. The number of aryl methyl sites for hydroxylation is 1. The van der Waals surface area contributed by atoms with Crippen molar-refractivity contribution in [1.82, 2.24) is 0 Å². The summed E-state index contributed by atoms with van der Waals surface area (Å²) in [6.45, 7) is 7.21. The second-order valence-electron chi connectivity index (χ2n) is 7.88. The third kappa shape index (κ3) is 7.30. The van der Waals surface area contributed by atoms with E-state index >= 15 is 0 Å². The molecule has 1 unspecified atom stereocenters. The maximum atomic E-state index is 14.5. The highest BCUT2D eigenvalue weighted by atomic mass is 19.1. The molecule has 0 fully saturated rings. The first kappa shape index (κ1) is 22.5. The zero-order valence-electron chi connectivity index (χ0n) is 18.0. The van der Waals surface area contributed by atoms with Crippen molar-refractivity contribution in [3.05, 3.63) is 53.8 Å². The van der Waals surface area contributed by atoms with Crippen molar-refractivity contribution >= 4 is 0 Å². The van der Waals surface area contributed by atoms with Crippen molar-refractivity contribution in [2.45, 2.75) is 78.6 Å². The van der Waals surface area contributed by atoms with Crippen LogP contribution in [-0.4, -0.2) is 6.61 Å². The van der Waals surface area contributed by atoms with Crippen LogP contribution in [0.2, 0.25) is 0 Å². The molecule has 2 heteroatoms. The number of ether oxygens (including phenoxy) is 1. The van der Waals surface area contributed by atoms with Crippen LogP contribution in [0, 0.1) is 11.7 Å². The van der Waals surface area contributed by atoms with Crippen LogP contribution in [0.15, 0.2) is 42.5 Å². The summed E-state index contributed by atoms with van der Waals surface area (Å²) in [5.74, 6) is 0.599. The summed E-state index contributed by atoms with van der Waals surface area (Å²) < 4.78 is 20.3. The quantitative estimate of drug-likeness (QED) is 0.316. The first-order valence-corrected chi connectivity index (χ1v) is 11.2. The van der Waals surface area contributed by atoms with E-state index in [1.807, 2.05) is 6.07 Å². The van der Waals surface area contributed by atoms with E-state index in [1.165, 1.54) is 44.1 Å². The third-order valence-electron chi connectivity index (χ3n) is 5.56. The molecule has 1 atom stereocenters. The van der Waals surface area contributed by atoms with Gasteiger partial charge in [-0.05, 0) is 54.0 Å². The molecule has 0 saturated carbocycles. The van der Waals surface area contributed by atoms with E-state index in [-0.39, 0.29) is 5.82 Å². The summed E-state index contributed by atoms with van der Waals surface area (Å²) in [5, 5.41) is 0. The monoisotopic (exact) mass is 384 g/mol. The summed E-state index contributed by atoms with van der Waals surface area (Å²) in [7, 11) is 0. The van der Waals surface area contributed by atoms with E-state index in [9.17, 15) is 4.39 Å². The van der Waals surface area contributed by atoms with Crippen LogP contribution in [0.5, 0.6) is 5.75 Å². The van der Waals surface area contributed by atoms with Gasteiger partial charge in [0.25, 0.3) is 0 Å². The molecule has 0 amide bonds. The number of benzene rings is 2. The molecular formula is C26H37FO. The molecule has 2 aromatic carbocycles. The summed E-state index contributed by atoms with van der Waals surface area (Å²) in [4.78, 5) is 0. The fourth-order valence-electron chi connectivity index (χ4n) is 3.52. The zero-order valence-corrected chi connectivity index (χ0v) is 18.0. The van der Waals surface area contributed by atoms with Crippen LogP contribution in [0.4, 0.5) is 4.39 Å². The Balaban J connectivity index is 1.93. The van der Waals surface area contributed by atoms with Crippen LogP contribution in [-0.2, 0) is 6.42 Å². The van der Waals surface area contributed by atoms with Gasteiger partial charge in [0, 0.05) is 0 Å². The van der Waals surface area contributed by atoms with Gasteiger partial charge in [-0.15, -0.1) is 0 Å². The van der Waals surface area contributed by atoms with Gasteiger partial charge in [-0.1, -0.05) is 89.6 Å². The lowest BCUT2D eigenvalue weighted by molar-refractivity contribution is 0.225. The van der Waals surface area contributed by atoms with Gasteiger partial charge >= 0.3 is 0 Å². The van der Waals surface area contributed by atoms with Gasteiger partial charge in [-0.3, -0.25) is 0 Å². The maximum absolute atomic E-state index is 14.5. The van der Waals surface area contributed by atoms with Crippen LogP contribution in [0.25, 0.3) is 11.1 Å². The molecule has 0 N–H and O–H groups in total. The highest BCUT2D eigenvalue weighted by Gasteiger charge is 2.11. The van der Waals surface area contributed by atoms with Crippen LogP contribution in [0.1, 0.15) is 77.7 Å². The standard InChI is InChI=1S/C26H37FO/c1-4-7-9-10-12-22-13-15-23(16-14-22)24-17-18-26(25(27)19-24)28-20-21(6-3)11-8-5-2/h13-19,21H,4-12,20H2,1-3H3. The summed E-state index contributed by atoms with van der Waals surface area (Å²) in [5.41, 5.74) is 3.32. The smallest absolute Gasteiger partial charge is 0.165 e. The second-order valence-corrected chi connectivity index (χ2v) is 7.88. The molecule has 2 aromatic rings. The van der Waals surface area contributed by atoms with Gasteiger partial charge in [0.2, 0.25) is 0 Å². The van der Waals surface area contributed by atoms with Crippen LogP contribution >= 0.6 is 0 Å². The lowest BCUT2D eigenvalue weighted by Gasteiger charge is -2.16. The van der Waals surface area contributed by atoms with Crippen molar-refractivity contribution in [2.24, 2.45) is 5.92 Å². The second kappa shape index (κ2) is 12.6. The fourth-order valence-corrected chi connectivity index (χ4v) is 3.52. The molecule has 1 nitrogen and oxygen atoms in total. The Morgan fingerprint density at radius 1 is 0.821 bits per heavy atom. The SMILES string of the molecule is CCCCCCc1ccc(-c2ccc(OCC(CC)CCCC)c(F)c2)cc1. The van der Waals surface area contributed by atoms with E-state index in [4.69, 9.17) is 4.74 Å². The van der Waals surface area contributed by atoms with Gasteiger partial charge in [0.15, 0.2) is 11.6 Å². The van der Waals surface area contributed by atoms with Gasteiger partial charge in [0.1, 0.15) is 0 Å². The average Bonchev–Trinajstić information content (AvgIpc) is 2.72. The predicted octanol–water partition coefficient (Wildman–Crippen LogP) is 8.21. The molecule has 0 bridgehead atoms. The molecule has 0 spiro atoms. The summed E-state index contributed by atoms with van der Waals surface area (Å²) in [6.07, 6.45) is 10.9.